The van der Waals surface area contributed by atoms with Gasteiger partial charge >= 0.3 is 0 Å². The largest absolute Gasteiger partial charge is 0.379 e. The summed E-state index contributed by atoms with van der Waals surface area (Å²) < 4.78 is 32.1. The monoisotopic (exact) mass is 453 g/mol. The third-order valence-electron chi connectivity index (χ3n) is 5.50. The molecule has 10 nitrogen and oxygen atoms in total. The molecule has 172 valence electrons. The van der Waals surface area contributed by atoms with Gasteiger partial charge in [0.2, 0.25) is 21.8 Å². The quantitative estimate of drug-likeness (QED) is 0.641. The summed E-state index contributed by atoms with van der Waals surface area (Å²) in [6, 6.07) is 2.72. The zero-order chi connectivity index (χ0) is 22.6. The number of morpholine rings is 1. The van der Waals surface area contributed by atoms with Crippen LogP contribution in [0.4, 0.5) is 5.82 Å². The Morgan fingerprint density at radius 3 is 2.23 bits per heavy atom. The maximum absolute atomic E-state index is 12.7. The number of aromatic nitrogens is 1. The molecule has 3 rings (SSSR count). The van der Waals surface area contributed by atoms with Gasteiger partial charge in [0.15, 0.2) is 0 Å². The van der Waals surface area contributed by atoms with Crippen LogP contribution in [0.15, 0.2) is 23.2 Å². The van der Waals surface area contributed by atoms with Crippen LogP contribution in [0.1, 0.15) is 20.8 Å². The maximum atomic E-state index is 12.7. The van der Waals surface area contributed by atoms with E-state index in [-0.39, 0.29) is 22.6 Å². The van der Waals surface area contributed by atoms with E-state index in [4.69, 9.17) is 4.74 Å². The number of amides is 2. The van der Waals surface area contributed by atoms with Crippen LogP contribution in [0.3, 0.4) is 0 Å². The molecule has 0 saturated carbocycles. The fraction of sp³-hybridized carbons (Fsp3) is 0.650. The third kappa shape index (κ3) is 5.52. The number of hydrogen-bond acceptors (Lipinski definition) is 7. The SMILES string of the molecule is CC(C)C(=O)N[C@H](C)C(=O)N1CCN(c2ccc(S(=O)(=O)N3CCOCC3)cn2)CC1. The number of piperazine rings is 1. The number of nitrogens with one attached hydrogen (secondary N) is 1. The van der Waals surface area contributed by atoms with E-state index in [1.54, 1.807) is 37.8 Å². The summed E-state index contributed by atoms with van der Waals surface area (Å²) in [6.45, 7) is 8.94. The number of ether oxygens (including phenoxy) is 1. The lowest BCUT2D eigenvalue weighted by molar-refractivity contribution is -0.136. The van der Waals surface area contributed by atoms with Crippen LogP contribution in [0.5, 0.6) is 0 Å². The molecule has 0 spiro atoms. The Morgan fingerprint density at radius 2 is 1.68 bits per heavy atom. The maximum Gasteiger partial charge on any atom is 0.244 e. The van der Waals surface area contributed by atoms with Crippen LogP contribution in [-0.2, 0) is 24.3 Å². The Kier molecular flexibility index (Phi) is 7.50. The molecule has 31 heavy (non-hydrogen) atoms. The van der Waals surface area contributed by atoms with Crippen molar-refractivity contribution >= 4 is 27.7 Å². The van der Waals surface area contributed by atoms with Gasteiger partial charge < -0.3 is 19.9 Å². The standard InChI is InChI=1S/C20H31N5O5S/c1-15(2)19(26)22-16(3)20(27)24-8-6-23(7-9-24)18-5-4-17(14-21-18)31(28,29)25-10-12-30-13-11-25/h4-5,14-16H,6-13H2,1-3H3,(H,22,26)/t16-/m1/s1. The average molecular weight is 454 g/mol. The zero-order valence-electron chi connectivity index (χ0n) is 18.3. The minimum atomic E-state index is -3.57. The summed E-state index contributed by atoms with van der Waals surface area (Å²) in [5, 5.41) is 2.74. The Labute approximate surface area is 183 Å². The molecular formula is C20H31N5O5S. The highest BCUT2D eigenvalue weighted by Gasteiger charge is 2.29. The highest BCUT2D eigenvalue weighted by molar-refractivity contribution is 7.89. The summed E-state index contributed by atoms with van der Waals surface area (Å²) in [6.07, 6.45) is 1.39. The van der Waals surface area contributed by atoms with Crippen molar-refractivity contribution in [2.75, 3.05) is 57.4 Å². The number of pyridine rings is 1. The van der Waals surface area contributed by atoms with Gasteiger partial charge in [-0.1, -0.05) is 13.8 Å². The van der Waals surface area contributed by atoms with Crippen LogP contribution < -0.4 is 10.2 Å². The minimum absolute atomic E-state index is 0.103. The second-order valence-corrected chi connectivity index (χ2v) is 10.0. The van der Waals surface area contributed by atoms with E-state index in [0.717, 1.165) is 0 Å². The first-order chi connectivity index (χ1) is 14.7. The van der Waals surface area contributed by atoms with E-state index < -0.39 is 16.1 Å². The van der Waals surface area contributed by atoms with Gasteiger partial charge in [0.1, 0.15) is 16.8 Å². The summed E-state index contributed by atoms with van der Waals surface area (Å²) in [4.78, 5) is 32.7. The second-order valence-electron chi connectivity index (χ2n) is 8.07. The number of carbonyl (C=O) groups is 2. The van der Waals surface area contributed by atoms with Gasteiger partial charge in [-0.05, 0) is 19.1 Å². The molecule has 1 aromatic rings. The van der Waals surface area contributed by atoms with E-state index in [9.17, 15) is 18.0 Å². The molecule has 0 bridgehead atoms. The number of sulfonamides is 1. The zero-order valence-corrected chi connectivity index (χ0v) is 19.1. The molecule has 1 aromatic heterocycles. The first kappa shape index (κ1) is 23.4. The summed E-state index contributed by atoms with van der Waals surface area (Å²) in [7, 11) is -3.57. The molecule has 2 saturated heterocycles. The average Bonchev–Trinajstić information content (AvgIpc) is 2.79. The number of anilines is 1. The van der Waals surface area contributed by atoms with E-state index in [2.05, 4.69) is 10.3 Å². The molecule has 11 heteroatoms. The van der Waals surface area contributed by atoms with Gasteiger partial charge in [0, 0.05) is 51.4 Å². The van der Waals surface area contributed by atoms with Crippen LogP contribution in [0.2, 0.25) is 0 Å². The van der Waals surface area contributed by atoms with Crippen molar-refractivity contribution in [2.24, 2.45) is 5.92 Å². The molecule has 2 aliphatic rings. The molecular weight excluding hydrogens is 422 g/mol. The Bertz CT molecular complexity index is 876. The predicted molar refractivity (Wildman–Crippen MR) is 115 cm³/mol. The van der Waals surface area contributed by atoms with E-state index >= 15 is 0 Å². The second kappa shape index (κ2) is 9.92. The fourth-order valence-electron chi connectivity index (χ4n) is 3.52. The highest BCUT2D eigenvalue weighted by Crippen LogP contribution is 2.20. The van der Waals surface area contributed by atoms with Gasteiger partial charge in [0.05, 0.1) is 13.2 Å². The van der Waals surface area contributed by atoms with Crippen molar-refractivity contribution in [1.82, 2.24) is 19.5 Å². The molecule has 3 heterocycles. The van der Waals surface area contributed by atoms with Gasteiger partial charge in [0.25, 0.3) is 0 Å². The van der Waals surface area contributed by atoms with Crippen molar-refractivity contribution in [3.05, 3.63) is 18.3 Å². The topological polar surface area (TPSA) is 112 Å². The van der Waals surface area contributed by atoms with Crippen molar-refractivity contribution < 1.29 is 22.7 Å². The number of rotatable bonds is 6. The lowest BCUT2D eigenvalue weighted by atomic mass is 10.1. The molecule has 1 atom stereocenters. The number of nitrogens with zero attached hydrogens (tertiary/aromatic N) is 4. The normalized spacial score (nSPS) is 19.4. The van der Waals surface area contributed by atoms with Crippen molar-refractivity contribution in [1.29, 1.82) is 0 Å². The van der Waals surface area contributed by atoms with Gasteiger partial charge in [-0.3, -0.25) is 9.59 Å². The molecule has 1 N–H and O–H groups in total. The molecule has 2 fully saturated rings. The van der Waals surface area contributed by atoms with Crippen LogP contribution in [0, 0.1) is 5.92 Å². The van der Waals surface area contributed by atoms with Crippen molar-refractivity contribution in [2.45, 2.75) is 31.7 Å². The van der Waals surface area contributed by atoms with Crippen LogP contribution >= 0.6 is 0 Å². The number of hydrogen-bond donors (Lipinski definition) is 1. The summed E-state index contributed by atoms with van der Waals surface area (Å²) in [5.74, 6) is 0.256. The van der Waals surface area contributed by atoms with Crippen LogP contribution in [-0.4, -0.2) is 92.9 Å². The van der Waals surface area contributed by atoms with E-state index in [1.165, 1.54) is 10.5 Å². The lowest BCUT2D eigenvalue weighted by Gasteiger charge is -2.36. The minimum Gasteiger partial charge on any atom is -0.379 e. The molecule has 0 aromatic carbocycles. The van der Waals surface area contributed by atoms with Crippen LogP contribution in [0.25, 0.3) is 0 Å². The molecule has 0 radical (unpaired) electrons. The molecule has 0 unspecified atom stereocenters. The number of carbonyl (C=O) groups excluding carboxylic acids is 2. The van der Waals surface area contributed by atoms with E-state index in [1.807, 2.05) is 4.90 Å². The smallest absolute Gasteiger partial charge is 0.244 e. The highest BCUT2D eigenvalue weighted by atomic mass is 32.2. The van der Waals surface area contributed by atoms with Gasteiger partial charge in [-0.15, -0.1) is 0 Å². The van der Waals surface area contributed by atoms with Crippen molar-refractivity contribution in [3.63, 3.8) is 0 Å². The fourth-order valence-corrected chi connectivity index (χ4v) is 4.87. The lowest BCUT2D eigenvalue weighted by Crippen LogP contribution is -2.54. The van der Waals surface area contributed by atoms with Gasteiger partial charge in [-0.2, -0.15) is 4.31 Å². The Balaban J connectivity index is 1.56. The summed E-state index contributed by atoms with van der Waals surface area (Å²) in [5.41, 5.74) is 0. The molecule has 2 amide bonds. The molecule has 2 aliphatic heterocycles. The molecule has 0 aliphatic carbocycles. The Hall–Kier alpha value is -2.24. The van der Waals surface area contributed by atoms with Crippen molar-refractivity contribution in [3.8, 4) is 0 Å². The first-order valence-electron chi connectivity index (χ1n) is 10.6. The Morgan fingerprint density at radius 1 is 1.03 bits per heavy atom. The predicted octanol–water partition coefficient (Wildman–Crippen LogP) is -0.0882. The third-order valence-corrected chi connectivity index (χ3v) is 7.38. The summed E-state index contributed by atoms with van der Waals surface area (Å²) >= 11 is 0. The van der Waals surface area contributed by atoms with E-state index in [0.29, 0.717) is 58.3 Å². The first-order valence-corrected chi connectivity index (χ1v) is 12.0. The van der Waals surface area contributed by atoms with Gasteiger partial charge in [-0.25, -0.2) is 13.4 Å².